The summed E-state index contributed by atoms with van der Waals surface area (Å²) in [6, 6.07) is 7.81. The predicted octanol–water partition coefficient (Wildman–Crippen LogP) is 3.51. The third kappa shape index (κ3) is 6.78. The van der Waals surface area contributed by atoms with Gasteiger partial charge in [0.2, 0.25) is 0 Å². The van der Waals surface area contributed by atoms with Crippen LogP contribution in [-0.4, -0.2) is 22.7 Å². The minimum atomic E-state index is -3.65. The van der Waals surface area contributed by atoms with E-state index in [1.54, 1.807) is 45.0 Å². The average molecular weight is 427 g/mol. The lowest BCUT2D eigenvalue weighted by atomic mass is 10.3. The van der Waals surface area contributed by atoms with Crippen LogP contribution in [0.4, 0.5) is 0 Å². The molecular weight excluding hydrogens is 408 g/mol. The van der Waals surface area contributed by atoms with E-state index < -0.39 is 19.8 Å². The molecule has 0 spiro atoms. The smallest absolute Gasteiger partial charge is 0.460 e. The molecule has 2 atom stereocenters. The van der Waals surface area contributed by atoms with Crippen molar-refractivity contribution in [2.24, 2.45) is 0 Å². The topological polar surface area (TPSA) is 73.9 Å². The molecule has 1 rings (SSSR count). The Kier molecular flexibility index (Phi) is 7.65. The highest BCUT2D eigenvalue weighted by molar-refractivity contribution is 14.1. The maximum absolute atomic E-state index is 12.6. The molecule has 1 aromatic rings. The lowest BCUT2D eigenvalue weighted by Gasteiger charge is -2.22. The number of alkyl halides is 1. The average Bonchev–Trinajstić information content (AvgIpc) is 2.38. The second-order valence-electron chi connectivity index (χ2n) is 4.48. The maximum atomic E-state index is 12.6. The van der Waals surface area contributed by atoms with Gasteiger partial charge >= 0.3 is 13.7 Å². The van der Waals surface area contributed by atoms with E-state index in [2.05, 4.69) is 5.09 Å². The van der Waals surface area contributed by atoms with Crippen LogP contribution in [0.15, 0.2) is 30.3 Å². The maximum Gasteiger partial charge on any atom is 0.460 e. The van der Waals surface area contributed by atoms with Crippen LogP contribution in [0.5, 0.6) is 5.75 Å². The molecule has 1 N–H and O–H groups in total. The fourth-order valence-electron chi connectivity index (χ4n) is 1.40. The van der Waals surface area contributed by atoms with Crippen molar-refractivity contribution in [3.63, 3.8) is 0 Å². The molecule has 1 unspecified atom stereocenters. The number of para-hydroxylation sites is 1. The van der Waals surface area contributed by atoms with Crippen LogP contribution in [0.25, 0.3) is 0 Å². The lowest BCUT2D eigenvalue weighted by molar-refractivity contribution is -0.149. The van der Waals surface area contributed by atoms with Crippen LogP contribution in [0, 0.1) is 0 Å². The molecule has 0 saturated carbocycles. The number of carbonyl (C=O) groups is 1. The van der Waals surface area contributed by atoms with Crippen molar-refractivity contribution in [1.29, 1.82) is 0 Å². The normalized spacial score (nSPS) is 15.3. The summed E-state index contributed by atoms with van der Waals surface area (Å²) in [4.78, 5) is 11.8. The quantitative estimate of drug-likeness (QED) is 0.296. The largest absolute Gasteiger partial charge is 0.462 e. The summed E-state index contributed by atoms with van der Waals surface area (Å²) in [6.07, 6.45) is -0.248. The molecule has 0 saturated heterocycles. The van der Waals surface area contributed by atoms with Crippen molar-refractivity contribution in [1.82, 2.24) is 5.09 Å². The van der Waals surface area contributed by atoms with E-state index in [0.717, 1.165) is 0 Å². The summed E-state index contributed by atoms with van der Waals surface area (Å²) >= 11 is 1.91. The van der Waals surface area contributed by atoms with Crippen LogP contribution in [0.2, 0.25) is 0 Å². The van der Waals surface area contributed by atoms with Crippen molar-refractivity contribution in [2.45, 2.75) is 32.9 Å². The van der Waals surface area contributed by atoms with Crippen molar-refractivity contribution in [3.8, 4) is 5.75 Å². The Hall–Kier alpha value is -0.630. The van der Waals surface area contributed by atoms with Crippen molar-refractivity contribution in [3.05, 3.63) is 30.3 Å². The fourth-order valence-corrected chi connectivity index (χ4v) is 3.79. The van der Waals surface area contributed by atoms with E-state index in [0.29, 0.717) is 5.75 Å². The Morgan fingerprint density at radius 3 is 2.43 bits per heavy atom. The monoisotopic (exact) mass is 427 g/mol. The van der Waals surface area contributed by atoms with E-state index in [1.807, 2.05) is 28.7 Å². The van der Waals surface area contributed by atoms with Gasteiger partial charge in [0.15, 0.2) is 0 Å². The van der Waals surface area contributed by atoms with E-state index in [-0.39, 0.29) is 10.7 Å². The molecule has 0 aliphatic heterocycles. The van der Waals surface area contributed by atoms with Crippen molar-refractivity contribution in [2.75, 3.05) is 4.61 Å². The van der Waals surface area contributed by atoms with Gasteiger partial charge in [-0.15, -0.1) is 0 Å². The molecular formula is C13H19INO5P. The van der Waals surface area contributed by atoms with E-state index >= 15 is 0 Å². The highest BCUT2D eigenvalue weighted by Gasteiger charge is 2.32. The first-order chi connectivity index (χ1) is 9.86. The highest BCUT2D eigenvalue weighted by Crippen LogP contribution is 2.45. The number of hydrogen-bond donors (Lipinski definition) is 1. The van der Waals surface area contributed by atoms with Crippen LogP contribution < -0.4 is 9.61 Å². The second-order valence-corrected chi connectivity index (χ2v) is 6.79. The van der Waals surface area contributed by atoms with Gasteiger partial charge in [-0.25, -0.2) is 4.57 Å². The number of ether oxygens (including phenoxy) is 1. The molecule has 1 aromatic carbocycles. The van der Waals surface area contributed by atoms with Gasteiger partial charge in [-0.05, 0) is 32.9 Å². The van der Waals surface area contributed by atoms with Gasteiger partial charge in [0, 0.05) is 0 Å². The highest BCUT2D eigenvalue weighted by atomic mass is 127. The fraction of sp³-hybridized carbons (Fsp3) is 0.462. The molecule has 6 nitrogen and oxygen atoms in total. The summed E-state index contributed by atoms with van der Waals surface area (Å²) in [5, 5.41) is 2.58. The van der Waals surface area contributed by atoms with Crippen LogP contribution in [0.1, 0.15) is 20.8 Å². The summed E-state index contributed by atoms with van der Waals surface area (Å²) in [5.41, 5.74) is 0. The molecule has 0 amide bonds. The Morgan fingerprint density at radius 2 is 1.90 bits per heavy atom. The Morgan fingerprint density at radius 1 is 1.29 bits per heavy atom. The molecule has 118 valence electrons. The van der Waals surface area contributed by atoms with E-state index in [1.165, 1.54) is 0 Å². The zero-order valence-corrected chi connectivity index (χ0v) is 15.2. The summed E-state index contributed by atoms with van der Waals surface area (Å²) < 4.78 is 28.4. The van der Waals surface area contributed by atoms with Gasteiger partial charge in [-0.3, -0.25) is 9.32 Å². The number of halogens is 1. The zero-order chi connectivity index (χ0) is 15.9. The second kappa shape index (κ2) is 8.73. The van der Waals surface area contributed by atoms with Gasteiger partial charge in [0.05, 0.1) is 6.10 Å². The molecule has 0 radical (unpaired) electrons. The van der Waals surface area contributed by atoms with E-state index in [9.17, 15) is 9.36 Å². The molecule has 0 heterocycles. The van der Waals surface area contributed by atoms with Crippen molar-refractivity contribution < 1.29 is 23.1 Å². The third-order valence-electron chi connectivity index (χ3n) is 2.24. The van der Waals surface area contributed by atoms with Crippen LogP contribution >= 0.6 is 30.3 Å². The first-order valence-corrected chi connectivity index (χ1v) is 9.46. The van der Waals surface area contributed by atoms with Gasteiger partial charge in [0.25, 0.3) is 0 Å². The predicted molar refractivity (Wildman–Crippen MR) is 88.5 cm³/mol. The summed E-state index contributed by atoms with van der Waals surface area (Å²) in [6.45, 7) is 5.03. The molecule has 0 aliphatic rings. The van der Waals surface area contributed by atoms with Gasteiger partial charge in [0.1, 0.15) is 16.4 Å². The summed E-state index contributed by atoms with van der Waals surface area (Å²) in [7, 11) is -3.65. The SMILES string of the molecule is CC(C)OC(=O)[C@H](C)NP(=O)(OCI)Oc1ccccc1. The van der Waals surface area contributed by atoms with Gasteiger partial charge < -0.3 is 9.26 Å². The Bertz CT molecular complexity index is 497. The number of rotatable bonds is 8. The van der Waals surface area contributed by atoms with Crippen molar-refractivity contribution >= 4 is 36.3 Å². The minimum absolute atomic E-state index is 0.154. The molecule has 0 bridgehead atoms. The number of benzene rings is 1. The zero-order valence-electron chi connectivity index (χ0n) is 12.1. The number of hydrogen-bond acceptors (Lipinski definition) is 5. The molecule has 21 heavy (non-hydrogen) atoms. The lowest BCUT2D eigenvalue weighted by Crippen LogP contribution is -2.36. The first kappa shape index (κ1) is 18.4. The summed E-state index contributed by atoms with van der Waals surface area (Å²) in [5.74, 6) is -0.124. The molecule has 0 fully saturated rings. The number of nitrogens with one attached hydrogen (secondary N) is 1. The molecule has 0 aromatic heterocycles. The van der Waals surface area contributed by atoms with Crippen LogP contribution in [-0.2, 0) is 18.6 Å². The molecule has 8 heteroatoms. The Balaban J connectivity index is 2.76. The number of carbonyl (C=O) groups excluding carboxylic acids is 1. The van der Waals surface area contributed by atoms with Gasteiger partial charge in [-0.1, -0.05) is 40.8 Å². The minimum Gasteiger partial charge on any atom is -0.462 e. The Labute approximate surface area is 138 Å². The molecule has 0 aliphatic carbocycles. The van der Waals surface area contributed by atoms with Crippen LogP contribution in [0.3, 0.4) is 0 Å². The third-order valence-corrected chi connectivity index (χ3v) is 4.67. The standard InChI is InChI=1S/C13H19INO5P/c1-10(2)19-13(16)11(3)15-21(17,18-9-14)20-12-7-5-4-6-8-12/h4-8,10-11H,9H2,1-3H3,(H,15,17)/t11-,21?/m0/s1. The van der Waals surface area contributed by atoms with Gasteiger partial charge in [-0.2, -0.15) is 5.09 Å². The van der Waals surface area contributed by atoms with E-state index in [4.69, 9.17) is 13.8 Å². The first-order valence-electron chi connectivity index (χ1n) is 6.40. The number of esters is 1.